The molecule has 0 fully saturated rings. The second-order valence-electron chi connectivity index (χ2n) is 3.94. The van der Waals surface area contributed by atoms with E-state index in [2.05, 4.69) is 10.6 Å². The summed E-state index contributed by atoms with van der Waals surface area (Å²) < 4.78 is 5.05. The Bertz CT molecular complexity index is 449. The average molecular weight is 285 g/mol. The van der Waals surface area contributed by atoms with E-state index in [1.807, 2.05) is 0 Å². The van der Waals surface area contributed by atoms with Gasteiger partial charge >= 0.3 is 0 Å². The fraction of sp³-hybridized carbons (Fsp3) is 0.385. The molecular weight excluding hydrogens is 268 g/mol. The third kappa shape index (κ3) is 5.61. The Balaban J connectivity index is 2.36. The van der Waals surface area contributed by atoms with Gasteiger partial charge in [-0.05, 0) is 19.1 Å². The predicted octanol–water partition coefficient (Wildman–Crippen LogP) is 1.77. The summed E-state index contributed by atoms with van der Waals surface area (Å²) in [7, 11) is 1.56. The number of carbonyl (C=O) groups is 2. The average Bonchev–Trinajstić information content (AvgIpc) is 2.38. The minimum Gasteiger partial charge on any atom is -0.497 e. The van der Waals surface area contributed by atoms with E-state index in [0.29, 0.717) is 11.4 Å². The maximum atomic E-state index is 11.6. The van der Waals surface area contributed by atoms with Gasteiger partial charge < -0.3 is 15.4 Å². The molecular formula is C13H17ClN2O3. The molecule has 104 valence electrons. The number of ether oxygens (including phenoxy) is 1. The largest absolute Gasteiger partial charge is 0.497 e. The van der Waals surface area contributed by atoms with E-state index in [4.69, 9.17) is 16.3 Å². The number of alkyl halides is 1. The van der Waals surface area contributed by atoms with Gasteiger partial charge in [0.05, 0.1) is 7.11 Å². The zero-order valence-electron chi connectivity index (χ0n) is 10.9. The highest BCUT2D eigenvalue weighted by molar-refractivity contribution is 6.30. The van der Waals surface area contributed by atoms with Crippen molar-refractivity contribution in [3.05, 3.63) is 24.3 Å². The topological polar surface area (TPSA) is 67.4 Å². The van der Waals surface area contributed by atoms with Crippen LogP contribution in [0.25, 0.3) is 0 Å². The summed E-state index contributed by atoms with van der Waals surface area (Å²) in [5.41, 5.74) is 0.654. The van der Waals surface area contributed by atoms with Crippen LogP contribution in [0, 0.1) is 0 Å². The summed E-state index contributed by atoms with van der Waals surface area (Å²) in [6, 6.07) is 7.06. The van der Waals surface area contributed by atoms with Crippen molar-refractivity contribution in [2.24, 2.45) is 0 Å². The van der Waals surface area contributed by atoms with Crippen LogP contribution in [0.2, 0.25) is 0 Å². The number of carbonyl (C=O) groups excluding carboxylic acids is 2. The number of rotatable bonds is 6. The maximum Gasteiger partial charge on any atom is 0.237 e. The molecule has 0 aliphatic heterocycles. The Hall–Kier alpha value is -1.75. The first-order valence-electron chi connectivity index (χ1n) is 5.88. The number of hydrogen-bond donors (Lipinski definition) is 2. The summed E-state index contributed by atoms with van der Waals surface area (Å²) in [4.78, 5) is 22.8. The highest BCUT2D eigenvalue weighted by Crippen LogP contribution is 2.16. The lowest BCUT2D eigenvalue weighted by atomic mass is 10.3. The molecule has 0 bridgehead atoms. The quantitative estimate of drug-likeness (QED) is 0.782. The zero-order valence-corrected chi connectivity index (χ0v) is 11.7. The van der Waals surface area contributed by atoms with Crippen LogP contribution in [0.15, 0.2) is 24.3 Å². The van der Waals surface area contributed by atoms with Gasteiger partial charge in [0.1, 0.15) is 11.1 Å². The van der Waals surface area contributed by atoms with Crippen LogP contribution >= 0.6 is 11.6 Å². The second-order valence-corrected chi connectivity index (χ2v) is 4.59. The van der Waals surface area contributed by atoms with Crippen molar-refractivity contribution in [3.63, 3.8) is 0 Å². The molecule has 1 aromatic rings. The van der Waals surface area contributed by atoms with Crippen LogP contribution < -0.4 is 15.4 Å². The van der Waals surface area contributed by atoms with Crippen molar-refractivity contribution in [2.45, 2.75) is 18.7 Å². The van der Waals surface area contributed by atoms with Crippen LogP contribution in [0.5, 0.6) is 5.75 Å². The SMILES string of the molecule is COc1cccc(NC(=O)CCNC(=O)[C@H](C)Cl)c1. The van der Waals surface area contributed by atoms with E-state index in [-0.39, 0.29) is 24.8 Å². The number of methoxy groups -OCH3 is 1. The first-order valence-corrected chi connectivity index (χ1v) is 6.32. The van der Waals surface area contributed by atoms with Gasteiger partial charge in [-0.25, -0.2) is 0 Å². The minimum absolute atomic E-state index is 0.184. The van der Waals surface area contributed by atoms with E-state index in [1.165, 1.54) is 0 Å². The number of nitrogens with one attached hydrogen (secondary N) is 2. The molecule has 19 heavy (non-hydrogen) atoms. The van der Waals surface area contributed by atoms with Crippen molar-refractivity contribution in [2.75, 3.05) is 19.0 Å². The Morgan fingerprint density at radius 1 is 1.42 bits per heavy atom. The van der Waals surface area contributed by atoms with Crippen LogP contribution in [0.1, 0.15) is 13.3 Å². The van der Waals surface area contributed by atoms with Crippen LogP contribution in [0.4, 0.5) is 5.69 Å². The van der Waals surface area contributed by atoms with Gasteiger partial charge in [0.15, 0.2) is 0 Å². The smallest absolute Gasteiger partial charge is 0.237 e. The number of hydrogen-bond acceptors (Lipinski definition) is 3. The molecule has 1 aromatic carbocycles. The maximum absolute atomic E-state index is 11.6. The normalized spacial score (nSPS) is 11.5. The summed E-state index contributed by atoms with van der Waals surface area (Å²) in [6.45, 7) is 1.83. The van der Waals surface area contributed by atoms with Crippen molar-refractivity contribution in [3.8, 4) is 5.75 Å². The fourth-order valence-corrected chi connectivity index (χ4v) is 1.44. The van der Waals surface area contributed by atoms with Crippen LogP contribution in [0.3, 0.4) is 0 Å². The van der Waals surface area contributed by atoms with Gasteiger partial charge in [0, 0.05) is 24.7 Å². The monoisotopic (exact) mass is 284 g/mol. The van der Waals surface area contributed by atoms with E-state index in [9.17, 15) is 9.59 Å². The molecule has 0 radical (unpaired) electrons. The lowest BCUT2D eigenvalue weighted by Crippen LogP contribution is -2.32. The fourth-order valence-electron chi connectivity index (χ4n) is 1.36. The van der Waals surface area contributed by atoms with Crippen LogP contribution in [-0.4, -0.2) is 30.8 Å². The van der Waals surface area contributed by atoms with Crippen molar-refractivity contribution < 1.29 is 14.3 Å². The Morgan fingerprint density at radius 2 is 2.16 bits per heavy atom. The molecule has 0 aliphatic rings. The molecule has 6 heteroatoms. The molecule has 0 spiro atoms. The minimum atomic E-state index is -0.596. The first kappa shape index (κ1) is 15.3. The zero-order chi connectivity index (χ0) is 14.3. The van der Waals surface area contributed by atoms with Crippen molar-refractivity contribution in [1.29, 1.82) is 0 Å². The molecule has 0 saturated carbocycles. The third-order valence-electron chi connectivity index (χ3n) is 2.37. The number of anilines is 1. The number of halogens is 1. The van der Waals surface area contributed by atoms with E-state index >= 15 is 0 Å². The lowest BCUT2D eigenvalue weighted by molar-refractivity contribution is -0.120. The highest BCUT2D eigenvalue weighted by Gasteiger charge is 2.09. The molecule has 0 aromatic heterocycles. The molecule has 2 amide bonds. The summed E-state index contributed by atoms with van der Waals surface area (Å²) in [6.07, 6.45) is 0.187. The molecule has 0 heterocycles. The number of benzene rings is 1. The molecule has 0 saturated heterocycles. The first-order chi connectivity index (χ1) is 9.02. The van der Waals surface area contributed by atoms with Crippen molar-refractivity contribution in [1.82, 2.24) is 5.32 Å². The Morgan fingerprint density at radius 3 is 2.79 bits per heavy atom. The van der Waals surface area contributed by atoms with E-state index in [1.54, 1.807) is 38.3 Å². The lowest BCUT2D eigenvalue weighted by Gasteiger charge is -2.08. The molecule has 5 nitrogen and oxygen atoms in total. The molecule has 1 atom stereocenters. The summed E-state index contributed by atoms with van der Waals surface area (Å²) in [5.74, 6) is 0.202. The summed E-state index contributed by atoms with van der Waals surface area (Å²) >= 11 is 5.58. The molecule has 0 unspecified atom stereocenters. The predicted molar refractivity (Wildman–Crippen MR) is 74.6 cm³/mol. The standard InChI is InChI=1S/C13H17ClN2O3/c1-9(14)13(18)15-7-6-12(17)16-10-4-3-5-11(8-10)19-2/h3-5,8-9H,6-7H2,1-2H3,(H,15,18)(H,16,17)/t9-/m0/s1. The van der Waals surface area contributed by atoms with Gasteiger partial charge in [-0.15, -0.1) is 11.6 Å². The van der Waals surface area contributed by atoms with Gasteiger partial charge in [0.25, 0.3) is 0 Å². The molecule has 2 N–H and O–H groups in total. The van der Waals surface area contributed by atoms with Gasteiger partial charge in [0.2, 0.25) is 11.8 Å². The van der Waals surface area contributed by atoms with Gasteiger partial charge in [-0.3, -0.25) is 9.59 Å². The highest BCUT2D eigenvalue weighted by atomic mass is 35.5. The molecule has 1 rings (SSSR count). The van der Waals surface area contributed by atoms with Gasteiger partial charge in [-0.2, -0.15) is 0 Å². The van der Waals surface area contributed by atoms with Gasteiger partial charge in [-0.1, -0.05) is 6.07 Å². The Labute approximate surface area is 117 Å². The second kappa shape index (κ2) is 7.63. The summed E-state index contributed by atoms with van der Waals surface area (Å²) in [5, 5.41) is 4.69. The van der Waals surface area contributed by atoms with Crippen molar-refractivity contribution >= 4 is 29.1 Å². The molecule has 0 aliphatic carbocycles. The number of amides is 2. The third-order valence-corrected chi connectivity index (χ3v) is 2.56. The van der Waals surface area contributed by atoms with E-state index < -0.39 is 5.38 Å². The Kier molecular flexibility index (Phi) is 6.15. The van der Waals surface area contributed by atoms with E-state index in [0.717, 1.165) is 0 Å². The van der Waals surface area contributed by atoms with Crippen LogP contribution in [-0.2, 0) is 9.59 Å².